The molecule has 16 heavy (non-hydrogen) atoms. The Balaban J connectivity index is -0.0000000345. The third-order valence-electron chi connectivity index (χ3n) is 0. The Labute approximate surface area is 118 Å². The second kappa shape index (κ2) is 21.2. The van der Waals surface area contributed by atoms with E-state index in [1.165, 1.54) is 0 Å². The van der Waals surface area contributed by atoms with Crippen molar-refractivity contribution in [1.29, 1.82) is 0 Å². The molecule has 0 atom stereocenters. The molecule has 0 aliphatic heterocycles. The Morgan fingerprint density at radius 2 is 0.625 bits per heavy atom. The van der Waals surface area contributed by atoms with Gasteiger partial charge in [-0.05, 0) is 0 Å². The van der Waals surface area contributed by atoms with E-state index < -0.39 is 20.8 Å². The molecule has 0 spiro atoms. The predicted octanol–water partition coefficient (Wildman–Crippen LogP) is -3.04. The fourth-order valence-electron chi connectivity index (χ4n) is 0. The third kappa shape index (κ3) is 3600. The molecule has 0 saturated heterocycles. The van der Waals surface area contributed by atoms with Gasteiger partial charge in [0.2, 0.25) is 0 Å². The Kier molecular flexibility index (Phi) is 40.0. The molecular formula is O11S2V3. The van der Waals surface area contributed by atoms with Gasteiger partial charge < -0.3 is 18.2 Å². The summed E-state index contributed by atoms with van der Waals surface area (Å²) in [5, 5.41) is 0. The first-order chi connectivity index (χ1) is 7.00. The summed E-state index contributed by atoms with van der Waals surface area (Å²) in [6.07, 6.45) is 0. The van der Waals surface area contributed by atoms with Crippen LogP contribution in [-0.2, 0) is 83.9 Å². The summed E-state index contributed by atoms with van der Waals surface area (Å²) in [7, 11) is -10.3. The van der Waals surface area contributed by atoms with Gasteiger partial charge in [-0.25, -0.2) is 0 Å². The van der Waals surface area contributed by atoms with Crippen LogP contribution < -0.4 is 0 Å². The fourth-order valence-corrected chi connectivity index (χ4v) is 0. The van der Waals surface area contributed by atoms with E-state index in [0.29, 0.717) is 0 Å². The summed E-state index contributed by atoms with van der Waals surface area (Å²) in [6.45, 7) is 0. The van der Waals surface area contributed by atoms with Crippen molar-refractivity contribution in [3.05, 3.63) is 0 Å². The van der Waals surface area contributed by atoms with E-state index in [4.69, 9.17) is 46.1 Å². The third-order valence-corrected chi connectivity index (χ3v) is 0. The monoisotopic (exact) mass is 393 g/mol. The van der Waals surface area contributed by atoms with Crippen LogP contribution in [0.4, 0.5) is 0 Å². The van der Waals surface area contributed by atoms with Gasteiger partial charge in [-0.1, -0.05) is 0 Å². The van der Waals surface area contributed by atoms with Crippen LogP contribution in [-0.4, -0.2) is 35.0 Å². The summed E-state index contributed by atoms with van der Waals surface area (Å²) in [4.78, 5) is 0. The van der Waals surface area contributed by atoms with Crippen molar-refractivity contribution in [2.45, 2.75) is 0 Å². The van der Waals surface area contributed by atoms with Crippen LogP contribution in [0.5, 0.6) is 0 Å². The van der Waals surface area contributed by atoms with Crippen LogP contribution in [0.25, 0.3) is 0 Å². The van der Waals surface area contributed by atoms with Crippen molar-refractivity contribution in [3.63, 3.8) is 0 Å². The molecule has 0 heterocycles. The SMILES string of the molecule is O=S(=O)([O-])[O-].O=S(=O)([O-])[O-].[O]=[V+2].[O]=[V+2].[O]=[V]. The second-order valence-electron chi connectivity index (χ2n) is 0.816. The first-order valence-corrected chi connectivity index (χ1v) is 6.26. The van der Waals surface area contributed by atoms with E-state index in [-0.39, 0.29) is 0 Å². The summed E-state index contributed by atoms with van der Waals surface area (Å²) in [5.41, 5.74) is 0. The van der Waals surface area contributed by atoms with Crippen molar-refractivity contribution in [2.24, 2.45) is 0 Å². The van der Waals surface area contributed by atoms with Crippen LogP contribution in [0, 0.1) is 0 Å². The molecule has 0 aromatic rings. The van der Waals surface area contributed by atoms with E-state index in [2.05, 4.69) is 0 Å². The van der Waals surface area contributed by atoms with Crippen molar-refractivity contribution in [2.75, 3.05) is 0 Å². The summed E-state index contributed by atoms with van der Waals surface area (Å²) < 4.78 is 92.7. The molecule has 0 N–H and O–H groups in total. The molecule has 0 fully saturated rings. The van der Waals surface area contributed by atoms with Crippen LogP contribution in [0.1, 0.15) is 0 Å². The quantitative estimate of drug-likeness (QED) is 0.298. The van der Waals surface area contributed by atoms with E-state index in [1.807, 2.05) is 0 Å². The van der Waals surface area contributed by atoms with Crippen molar-refractivity contribution >= 4 is 20.8 Å². The van der Waals surface area contributed by atoms with Gasteiger partial charge in [-0.2, -0.15) is 0 Å². The average molecular weight is 393 g/mol. The second-order valence-corrected chi connectivity index (χ2v) is 2.45. The van der Waals surface area contributed by atoms with Gasteiger partial charge in [0.15, 0.2) is 0 Å². The Bertz CT molecular complexity index is 249. The topological polar surface area (TPSA) is 212 Å². The zero-order valence-electron chi connectivity index (χ0n) is 6.65. The molecule has 0 aromatic heterocycles. The minimum atomic E-state index is -5.17. The van der Waals surface area contributed by atoms with Gasteiger partial charge in [0.25, 0.3) is 0 Å². The maximum atomic E-state index is 8.52. The Morgan fingerprint density at radius 3 is 0.625 bits per heavy atom. The van der Waals surface area contributed by atoms with Gasteiger partial charge in [0.1, 0.15) is 0 Å². The van der Waals surface area contributed by atoms with Gasteiger partial charge >= 0.3 is 63.1 Å². The normalized spacial score (nSPS) is 8.19. The molecule has 0 unspecified atom stereocenters. The molecule has 11 nitrogen and oxygen atoms in total. The molecule has 93 valence electrons. The first kappa shape index (κ1) is 30.2. The van der Waals surface area contributed by atoms with Crippen LogP contribution in [0.15, 0.2) is 0 Å². The van der Waals surface area contributed by atoms with Crippen molar-refractivity contribution in [1.82, 2.24) is 0 Å². The summed E-state index contributed by atoms with van der Waals surface area (Å²) >= 11 is 3.19. The van der Waals surface area contributed by atoms with Crippen LogP contribution in [0.3, 0.4) is 0 Å². The van der Waals surface area contributed by atoms with E-state index in [0.717, 1.165) is 52.1 Å². The van der Waals surface area contributed by atoms with Gasteiger partial charge in [-0.3, -0.25) is 16.8 Å². The van der Waals surface area contributed by atoms with E-state index in [1.54, 1.807) is 0 Å². The molecule has 0 radical (unpaired) electrons. The van der Waals surface area contributed by atoms with E-state index in [9.17, 15) is 0 Å². The predicted molar refractivity (Wildman–Crippen MR) is 23.0 cm³/mol. The molecule has 0 aromatic carbocycles. The van der Waals surface area contributed by atoms with Crippen molar-refractivity contribution < 1.29 is 98.2 Å². The Morgan fingerprint density at radius 1 is 0.625 bits per heavy atom. The molecule has 0 saturated carbocycles. The molecule has 0 aliphatic rings. The number of rotatable bonds is 0. The summed E-state index contributed by atoms with van der Waals surface area (Å²) in [6, 6.07) is 0. The van der Waals surface area contributed by atoms with Crippen LogP contribution in [0.2, 0.25) is 0 Å². The number of hydrogen-bond donors (Lipinski definition) is 0. The van der Waals surface area contributed by atoms with Gasteiger partial charge in [0.05, 0.1) is 0 Å². The molecule has 0 aliphatic carbocycles. The minimum absolute atomic E-state index is 1.06. The van der Waals surface area contributed by atoms with Gasteiger partial charge in [-0.15, -0.1) is 0 Å². The molecule has 0 amide bonds. The number of hydrogen-bond acceptors (Lipinski definition) is 11. The van der Waals surface area contributed by atoms with Crippen molar-refractivity contribution in [3.8, 4) is 0 Å². The van der Waals surface area contributed by atoms with Crippen LogP contribution >= 0.6 is 0 Å². The fraction of sp³-hybridized carbons (Fsp3) is 0. The molecule has 16 heteroatoms. The zero-order valence-corrected chi connectivity index (χ0v) is 12.5. The Hall–Kier alpha value is 0.893. The maximum absolute atomic E-state index is 8.52. The first-order valence-electron chi connectivity index (χ1n) is 1.88. The molecule has 0 bridgehead atoms. The van der Waals surface area contributed by atoms with E-state index >= 15 is 0 Å². The standard InChI is InChI=1S/2H2O4S.3O.3V/c2*1-5(2,3)4;;;;;;/h2*(H2,1,2,3,4);;;;;;/q;;;;;;2*+2/p-4. The average Bonchev–Trinajstić information content (AvgIpc) is 2.08. The molecule has 0 rings (SSSR count). The van der Waals surface area contributed by atoms with Gasteiger partial charge in [0, 0.05) is 20.8 Å². The zero-order chi connectivity index (χ0) is 15.0. The summed E-state index contributed by atoms with van der Waals surface area (Å²) in [5.74, 6) is 0. The molecular weight excluding hydrogens is 393 g/mol.